The van der Waals surface area contributed by atoms with Crippen LogP contribution in [0.15, 0.2) is 22.3 Å². The summed E-state index contributed by atoms with van der Waals surface area (Å²) < 4.78 is 29.0. The van der Waals surface area contributed by atoms with Crippen LogP contribution in [0.2, 0.25) is 5.02 Å². The van der Waals surface area contributed by atoms with Gasteiger partial charge in [-0.25, -0.2) is 0 Å². The highest BCUT2D eigenvalue weighted by Crippen LogP contribution is 2.52. The number of ether oxygens (including phenoxy) is 4. The van der Waals surface area contributed by atoms with Crippen LogP contribution in [-0.4, -0.2) is 52.5 Å². The molecule has 0 amide bonds. The summed E-state index contributed by atoms with van der Waals surface area (Å²) in [5, 5.41) is 18.6. The Balaban J connectivity index is 1.51. The lowest BCUT2D eigenvalue weighted by atomic mass is 9.73. The van der Waals surface area contributed by atoms with Gasteiger partial charge in [0.2, 0.25) is 11.8 Å². The highest BCUT2D eigenvalue weighted by molar-refractivity contribution is 6.35. The highest BCUT2D eigenvalue weighted by Gasteiger charge is 2.53. The molecule has 2 aliphatic heterocycles. The Labute approximate surface area is 206 Å². The van der Waals surface area contributed by atoms with Crippen LogP contribution in [0, 0.1) is 5.92 Å². The van der Waals surface area contributed by atoms with Crippen molar-refractivity contribution in [1.82, 2.24) is 10.2 Å². The van der Waals surface area contributed by atoms with Crippen LogP contribution in [0.3, 0.4) is 0 Å². The van der Waals surface area contributed by atoms with Crippen molar-refractivity contribution in [2.75, 3.05) is 13.7 Å². The van der Waals surface area contributed by atoms with Gasteiger partial charge in [-0.1, -0.05) is 11.6 Å². The second-order valence-electron chi connectivity index (χ2n) is 9.09. The number of aliphatic hydroxyl groups excluding tert-OH is 1. The Morgan fingerprint density at radius 2 is 2.09 bits per heavy atom. The minimum absolute atomic E-state index is 0.0342. The number of allylic oxidation sites excluding steroid dienone is 1. The first-order valence-corrected chi connectivity index (χ1v) is 11.8. The van der Waals surface area contributed by atoms with E-state index in [0.717, 1.165) is 25.3 Å². The zero-order valence-electron chi connectivity index (χ0n) is 19.5. The fourth-order valence-electron chi connectivity index (χ4n) is 4.81. The third-order valence-corrected chi connectivity index (χ3v) is 6.88. The Morgan fingerprint density at radius 1 is 1.29 bits per heavy atom. The number of aromatic nitrogens is 2. The van der Waals surface area contributed by atoms with Crippen molar-refractivity contribution in [3.8, 4) is 23.0 Å². The molecule has 11 heteroatoms. The zero-order chi connectivity index (χ0) is 24.9. The minimum atomic E-state index is -1.31. The molecule has 2 unspecified atom stereocenters. The van der Waals surface area contributed by atoms with E-state index in [2.05, 4.69) is 10.2 Å². The van der Waals surface area contributed by atoms with Gasteiger partial charge in [0.15, 0.2) is 23.6 Å². The summed E-state index contributed by atoms with van der Waals surface area (Å²) in [5.41, 5.74) is -0.946. The fraction of sp³-hybridized carbons (Fsp3) is 0.500. The summed E-state index contributed by atoms with van der Waals surface area (Å²) in [6.45, 7) is 4.02. The van der Waals surface area contributed by atoms with E-state index in [1.54, 1.807) is 13.8 Å². The summed E-state index contributed by atoms with van der Waals surface area (Å²) in [6, 6.07) is 1.51. The molecule has 4 atom stereocenters. The number of ketones is 2. The predicted octanol–water partition coefficient (Wildman–Crippen LogP) is 4.37. The van der Waals surface area contributed by atoms with E-state index in [-0.39, 0.29) is 58.1 Å². The molecule has 35 heavy (non-hydrogen) atoms. The lowest BCUT2D eigenvalue weighted by Crippen LogP contribution is -2.52. The number of nitrogens with zero attached hydrogens (tertiary/aromatic N) is 2. The molecule has 0 saturated carbocycles. The van der Waals surface area contributed by atoms with E-state index in [1.807, 2.05) is 0 Å². The van der Waals surface area contributed by atoms with Gasteiger partial charge in [0.1, 0.15) is 34.7 Å². The first-order chi connectivity index (χ1) is 16.7. The first-order valence-electron chi connectivity index (χ1n) is 11.4. The van der Waals surface area contributed by atoms with Gasteiger partial charge in [-0.3, -0.25) is 9.59 Å². The summed E-state index contributed by atoms with van der Waals surface area (Å²) in [4.78, 5) is 25.5. The Kier molecular flexibility index (Phi) is 6.06. The van der Waals surface area contributed by atoms with Crippen LogP contribution in [0.1, 0.15) is 61.9 Å². The highest BCUT2D eigenvalue weighted by atomic mass is 35.5. The third kappa shape index (κ3) is 4.09. The normalized spacial score (nSPS) is 26.9. The Bertz CT molecular complexity index is 1220. The van der Waals surface area contributed by atoms with Crippen molar-refractivity contribution in [2.24, 2.45) is 5.92 Å². The molecule has 3 heterocycles. The number of carbonyl (C=O) groups is 2. The van der Waals surface area contributed by atoms with Crippen LogP contribution < -0.4 is 9.47 Å². The predicted molar refractivity (Wildman–Crippen MR) is 122 cm³/mol. The maximum atomic E-state index is 13.4. The lowest BCUT2D eigenvalue weighted by Gasteiger charge is -2.43. The molecule has 1 N–H and O–H groups in total. The van der Waals surface area contributed by atoms with E-state index >= 15 is 0 Å². The molecular formula is C24H25ClN2O8. The molecule has 186 valence electrons. The molecule has 5 rings (SSSR count). The number of methoxy groups -OCH3 is 1. The van der Waals surface area contributed by atoms with E-state index in [9.17, 15) is 14.7 Å². The van der Waals surface area contributed by atoms with Gasteiger partial charge in [0.25, 0.3) is 0 Å². The number of fused-ring (bicyclic) bond motifs is 2. The van der Waals surface area contributed by atoms with Gasteiger partial charge in [-0.15, -0.1) is 10.2 Å². The van der Waals surface area contributed by atoms with E-state index in [1.165, 1.54) is 13.2 Å². The maximum Gasteiger partial charge on any atom is 0.249 e. The smallest absolute Gasteiger partial charge is 0.249 e. The Morgan fingerprint density at radius 3 is 2.80 bits per heavy atom. The molecule has 2 aromatic rings. The molecule has 0 bridgehead atoms. The molecule has 0 spiro atoms. The number of Topliss-reactive ketones (excluding diaryl/α,β-unsaturated/α-hetero) is 1. The van der Waals surface area contributed by atoms with Crippen LogP contribution in [0.25, 0.3) is 11.5 Å². The van der Waals surface area contributed by atoms with Crippen molar-refractivity contribution >= 4 is 23.2 Å². The van der Waals surface area contributed by atoms with Crippen LogP contribution in [0.5, 0.6) is 11.5 Å². The van der Waals surface area contributed by atoms with Gasteiger partial charge in [-0.05, 0) is 39.2 Å². The van der Waals surface area contributed by atoms with E-state index in [0.29, 0.717) is 12.2 Å². The number of hydrogen-bond donors (Lipinski definition) is 1. The standard InChI is InChI=1S/C24H25ClN2O8/c1-11(33-16-6-4-5-7-32-16)22-26-27-23(34-22)13-9-15(31-3)17-20(30)18-14(29)8-12(28)10-24(18,2)35-21(17)19(13)25/h8-9,11,16,18,29H,4-7,10H2,1-3H3/t11?,16?,18-,24+/m1/s1. The maximum absolute atomic E-state index is 13.4. The number of rotatable bonds is 5. The molecule has 3 aliphatic rings. The zero-order valence-corrected chi connectivity index (χ0v) is 20.3. The summed E-state index contributed by atoms with van der Waals surface area (Å²) in [6.07, 6.45) is 2.93. The summed E-state index contributed by atoms with van der Waals surface area (Å²) >= 11 is 6.69. The summed E-state index contributed by atoms with van der Waals surface area (Å²) in [7, 11) is 1.40. The van der Waals surface area contributed by atoms with Gasteiger partial charge >= 0.3 is 0 Å². The van der Waals surface area contributed by atoms with Crippen molar-refractivity contribution < 1.29 is 38.1 Å². The second-order valence-corrected chi connectivity index (χ2v) is 9.47. The monoisotopic (exact) mass is 504 g/mol. The topological polar surface area (TPSA) is 130 Å². The lowest BCUT2D eigenvalue weighted by molar-refractivity contribution is -0.190. The third-order valence-electron chi connectivity index (χ3n) is 6.50. The second kappa shape index (κ2) is 8.92. The van der Waals surface area contributed by atoms with Crippen molar-refractivity contribution in [3.05, 3.63) is 34.4 Å². The van der Waals surface area contributed by atoms with Crippen molar-refractivity contribution in [2.45, 2.75) is 57.5 Å². The molecule has 1 fully saturated rings. The first kappa shape index (κ1) is 23.8. The molecular weight excluding hydrogens is 480 g/mol. The van der Waals surface area contributed by atoms with Gasteiger partial charge in [-0.2, -0.15) is 0 Å². The quantitative estimate of drug-likeness (QED) is 0.626. The Hall–Kier alpha value is -2.95. The number of carbonyl (C=O) groups excluding carboxylic acids is 2. The summed E-state index contributed by atoms with van der Waals surface area (Å²) in [5.74, 6) is -1.70. The van der Waals surface area contributed by atoms with Crippen LogP contribution in [0.4, 0.5) is 0 Å². The molecule has 0 radical (unpaired) electrons. The fourth-order valence-corrected chi connectivity index (χ4v) is 5.08. The largest absolute Gasteiger partial charge is 0.511 e. The van der Waals surface area contributed by atoms with Gasteiger partial charge in [0, 0.05) is 12.7 Å². The number of benzene rings is 1. The van der Waals surface area contributed by atoms with Crippen LogP contribution in [-0.2, 0) is 14.3 Å². The van der Waals surface area contributed by atoms with Crippen molar-refractivity contribution in [1.29, 1.82) is 0 Å². The molecule has 1 saturated heterocycles. The molecule has 1 aromatic heterocycles. The average molecular weight is 505 g/mol. The van der Waals surface area contributed by atoms with E-state index in [4.69, 9.17) is 35.0 Å². The number of halogens is 1. The average Bonchev–Trinajstić information content (AvgIpc) is 3.30. The van der Waals surface area contributed by atoms with Gasteiger partial charge in [0.05, 0.1) is 24.1 Å². The minimum Gasteiger partial charge on any atom is -0.511 e. The molecule has 1 aliphatic carbocycles. The number of aliphatic hydroxyl groups is 1. The number of hydrogen-bond acceptors (Lipinski definition) is 10. The molecule has 10 nitrogen and oxygen atoms in total. The SMILES string of the molecule is COc1cc(-c2nnc(C(C)OC3CCCCO3)o2)c(Cl)c2c1C(=O)[C@H]1C(O)=CC(=O)C[C@]1(C)O2. The van der Waals surface area contributed by atoms with Gasteiger partial charge < -0.3 is 28.5 Å². The van der Waals surface area contributed by atoms with Crippen molar-refractivity contribution in [3.63, 3.8) is 0 Å². The molecule has 1 aromatic carbocycles. The van der Waals surface area contributed by atoms with E-state index < -0.39 is 23.4 Å². The van der Waals surface area contributed by atoms with Crippen LogP contribution >= 0.6 is 11.6 Å².